The number of fused-ring (bicyclic) bond motifs is 3. The minimum atomic E-state index is -3.90. The van der Waals surface area contributed by atoms with Crippen LogP contribution in [0.2, 0.25) is 0 Å². The smallest absolute Gasteiger partial charge is 0.407 e. The molecule has 0 unspecified atom stereocenters. The third-order valence-electron chi connectivity index (χ3n) is 10.9. The molecule has 16 heteroatoms. The molecule has 2 aliphatic carbocycles. The van der Waals surface area contributed by atoms with Gasteiger partial charge < -0.3 is 30.3 Å². The lowest BCUT2D eigenvalue weighted by Crippen LogP contribution is -2.59. The van der Waals surface area contributed by atoms with Crippen LogP contribution in [-0.4, -0.2) is 89.2 Å². The van der Waals surface area contributed by atoms with Gasteiger partial charge in [-0.25, -0.2) is 18.2 Å². The average molecular weight is 788 g/mol. The largest absolute Gasteiger partial charge is 0.472 e. The Hall–Kier alpha value is -5.25. The van der Waals surface area contributed by atoms with E-state index in [1.54, 1.807) is 13.8 Å². The van der Waals surface area contributed by atoms with Gasteiger partial charge in [-0.3, -0.25) is 19.1 Å². The lowest BCUT2D eigenvalue weighted by atomic mass is 10.0. The Kier molecular flexibility index (Phi) is 11.2. The van der Waals surface area contributed by atoms with Crippen molar-refractivity contribution in [1.29, 1.82) is 0 Å². The molecule has 15 nitrogen and oxygen atoms in total. The van der Waals surface area contributed by atoms with E-state index in [4.69, 9.17) is 19.4 Å². The summed E-state index contributed by atoms with van der Waals surface area (Å²) in [5.74, 6) is -2.32. The summed E-state index contributed by atoms with van der Waals surface area (Å²) < 4.78 is 39.7. The quantitative estimate of drug-likeness (QED) is 0.219. The molecule has 0 spiro atoms. The molecule has 2 saturated carbocycles. The Morgan fingerprint density at radius 1 is 1.09 bits per heavy atom. The van der Waals surface area contributed by atoms with Crippen LogP contribution in [0.4, 0.5) is 10.7 Å². The van der Waals surface area contributed by atoms with Crippen molar-refractivity contribution in [2.45, 2.75) is 101 Å². The standard InChI is InChI=1S/C40H49N7O8S/c1-4-27-21-40(27,37(50)46-56(52,53)29-15-16-29)45-34(48)32-20-28-23-47(32)36(49)33(24(2)3)43-39(51)54-18-10-6-9-11-25-14-17-31-30(19-25)35(55-28)44-38(42-31)41-22-26-12-7-5-8-13-26/h4-5,7-8,12-14,17,19,24,27-29,32-33H,1,6,9-11,15-16,18,20-23H2,2-3H3,(H,43,51)(H,45,48)(H,46,50)(H,41,42,44)/t27-,28-,32+,33+,40-/m1/s1. The molecular weight excluding hydrogens is 739 g/mol. The number of anilines is 1. The first-order valence-corrected chi connectivity index (χ1v) is 20.9. The zero-order valence-corrected chi connectivity index (χ0v) is 32.5. The van der Waals surface area contributed by atoms with Crippen molar-refractivity contribution >= 4 is 50.7 Å². The third kappa shape index (κ3) is 8.59. The number of carbonyl (C=O) groups excluding carboxylic acids is 4. The molecule has 4 bridgehead atoms. The zero-order valence-electron chi connectivity index (χ0n) is 31.7. The number of aromatic nitrogens is 2. The molecule has 1 aromatic heterocycles. The van der Waals surface area contributed by atoms with E-state index in [0.29, 0.717) is 42.7 Å². The topological polar surface area (TPSA) is 198 Å². The van der Waals surface area contributed by atoms with Gasteiger partial charge in [0, 0.05) is 18.9 Å². The maximum absolute atomic E-state index is 14.4. The summed E-state index contributed by atoms with van der Waals surface area (Å²) in [5, 5.41) is 8.84. The molecule has 7 rings (SSSR count). The summed E-state index contributed by atoms with van der Waals surface area (Å²) in [6.07, 6.45) is 4.16. The minimum absolute atomic E-state index is 0.0155. The van der Waals surface area contributed by atoms with E-state index in [1.165, 1.54) is 11.0 Å². The molecule has 1 saturated heterocycles. The Morgan fingerprint density at radius 2 is 1.88 bits per heavy atom. The molecule has 298 valence electrons. The van der Waals surface area contributed by atoms with Gasteiger partial charge in [-0.05, 0) is 74.1 Å². The molecule has 4 amide bonds. The highest BCUT2D eigenvalue weighted by Crippen LogP contribution is 2.45. The van der Waals surface area contributed by atoms with E-state index >= 15 is 0 Å². The van der Waals surface area contributed by atoms with E-state index in [0.717, 1.165) is 30.4 Å². The van der Waals surface area contributed by atoms with E-state index < -0.39 is 68.7 Å². The average Bonchev–Trinajstić information content (AvgIpc) is 4.11. The fourth-order valence-corrected chi connectivity index (χ4v) is 8.80. The van der Waals surface area contributed by atoms with Crippen molar-refractivity contribution in [2.75, 3.05) is 18.5 Å². The molecule has 3 heterocycles. The molecule has 0 radical (unpaired) electrons. The Balaban J connectivity index is 1.21. The monoisotopic (exact) mass is 787 g/mol. The number of carbonyl (C=O) groups is 4. The van der Waals surface area contributed by atoms with E-state index in [-0.39, 0.29) is 37.8 Å². The van der Waals surface area contributed by atoms with Gasteiger partial charge in [0.1, 0.15) is 23.7 Å². The van der Waals surface area contributed by atoms with Crippen LogP contribution >= 0.6 is 0 Å². The van der Waals surface area contributed by atoms with Crippen LogP contribution in [0, 0.1) is 11.8 Å². The van der Waals surface area contributed by atoms with Crippen molar-refractivity contribution in [2.24, 2.45) is 11.8 Å². The fourth-order valence-electron chi connectivity index (χ4n) is 7.43. The highest BCUT2D eigenvalue weighted by molar-refractivity contribution is 7.91. The number of aryl methyl sites for hydroxylation is 1. The molecule has 56 heavy (non-hydrogen) atoms. The van der Waals surface area contributed by atoms with Gasteiger partial charge in [0.2, 0.25) is 33.7 Å². The number of nitrogens with one attached hydrogen (secondary N) is 4. The molecule has 2 aliphatic heterocycles. The molecule has 3 fully saturated rings. The fraction of sp³-hybridized carbons (Fsp3) is 0.500. The van der Waals surface area contributed by atoms with Crippen LogP contribution in [0.5, 0.6) is 5.88 Å². The summed E-state index contributed by atoms with van der Waals surface area (Å²) in [6, 6.07) is 13.6. The van der Waals surface area contributed by atoms with Crippen LogP contribution < -0.4 is 25.4 Å². The SMILES string of the molecule is C=C[C@@H]1C[C@]1(NC(=O)[C@@H]1C[C@@H]2CN1C(=O)[C@H](C(C)C)NC(=O)OCCCCCc1ccc3nc(NCc4ccccc4)nc(c3c1)O2)C(=O)NS(=O)(=O)C1CC1. The summed E-state index contributed by atoms with van der Waals surface area (Å²) >= 11 is 0. The number of benzene rings is 2. The lowest BCUT2D eigenvalue weighted by Gasteiger charge is -2.31. The molecule has 3 aromatic rings. The maximum Gasteiger partial charge on any atom is 0.407 e. The number of alkyl carbamates (subject to hydrolysis) is 1. The normalized spacial score (nSPS) is 25.7. The maximum atomic E-state index is 14.4. The Bertz CT molecular complexity index is 2110. The van der Waals surface area contributed by atoms with Gasteiger partial charge in [0.15, 0.2) is 0 Å². The van der Waals surface area contributed by atoms with Gasteiger partial charge in [-0.2, -0.15) is 4.98 Å². The van der Waals surface area contributed by atoms with Gasteiger partial charge in [0.05, 0.1) is 29.3 Å². The summed E-state index contributed by atoms with van der Waals surface area (Å²) in [7, 11) is -3.90. The summed E-state index contributed by atoms with van der Waals surface area (Å²) in [5.41, 5.74) is 1.17. The molecular formula is C40H49N7O8S. The third-order valence-corrected chi connectivity index (χ3v) is 12.8. The molecule has 4 N–H and O–H groups in total. The number of cyclic esters (lactones) is 1. The molecule has 5 atom stereocenters. The van der Waals surface area contributed by atoms with Crippen molar-refractivity contribution < 1.29 is 37.1 Å². The van der Waals surface area contributed by atoms with Crippen molar-refractivity contribution in [3.63, 3.8) is 0 Å². The second-order valence-corrected chi connectivity index (χ2v) is 17.5. The van der Waals surface area contributed by atoms with Crippen LogP contribution in [0.25, 0.3) is 10.9 Å². The van der Waals surface area contributed by atoms with Crippen LogP contribution in [-0.2, 0) is 42.1 Å². The number of hydrogen-bond acceptors (Lipinski definition) is 11. The first kappa shape index (κ1) is 39.0. The number of amides is 4. The Labute approximate surface area is 326 Å². The minimum Gasteiger partial charge on any atom is -0.472 e. The number of rotatable bonds is 10. The van der Waals surface area contributed by atoms with E-state index in [2.05, 4.69) is 27.3 Å². The first-order valence-electron chi connectivity index (χ1n) is 19.4. The second-order valence-electron chi connectivity index (χ2n) is 15.5. The highest BCUT2D eigenvalue weighted by atomic mass is 32.2. The van der Waals surface area contributed by atoms with E-state index in [1.807, 2.05) is 48.5 Å². The molecule has 4 aliphatic rings. The summed E-state index contributed by atoms with van der Waals surface area (Å²) in [6.45, 7) is 7.94. The first-order chi connectivity index (χ1) is 26.9. The second kappa shape index (κ2) is 16.1. The number of hydrogen-bond donors (Lipinski definition) is 4. The van der Waals surface area contributed by atoms with Gasteiger partial charge >= 0.3 is 6.09 Å². The molecule has 2 aromatic carbocycles. The number of nitrogens with zero attached hydrogens (tertiary/aromatic N) is 3. The van der Waals surface area contributed by atoms with Crippen molar-refractivity contribution in [3.8, 4) is 5.88 Å². The lowest BCUT2D eigenvalue weighted by molar-refractivity contribution is -0.141. The van der Waals surface area contributed by atoms with Crippen molar-refractivity contribution in [3.05, 3.63) is 72.3 Å². The van der Waals surface area contributed by atoms with E-state index in [9.17, 15) is 27.6 Å². The van der Waals surface area contributed by atoms with Gasteiger partial charge in [-0.15, -0.1) is 6.58 Å². The Morgan fingerprint density at radius 3 is 2.59 bits per heavy atom. The van der Waals surface area contributed by atoms with Crippen LogP contribution in [0.3, 0.4) is 0 Å². The highest BCUT2D eigenvalue weighted by Gasteiger charge is 2.62. The summed E-state index contributed by atoms with van der Waals surface area (Å²) in [4.78, 5) is 66.2. The predicted octanol–water partition coefficient (Wildman–Crippen LogP) is 3.74. The zero-order chi connectivity index (χ0) is 39.6. The number of ether oxygens (including phenoxy) is 2. The predicted molar refractivity (Wildman–Crippen MR) is 208 cm³/mol. The van der Waals surface area contributed by atoms with Crippen LogP contribution in [0.15, 0.2) is 61.2 Å². The van der Waals surface area contributed by atoms with Gasteiger partial charge in [-0.1, -0.05) is 56.3 Å². The van der Waals surface area contributed by atoms with Crippen molar-refractivity contribution in [1.82, 2.24) is 30.2 Å². The number of sulfonamides is 1. The van der Waals surface area contributed by atoms with Crippen LogP contribution in [0.1, 0.15) is 69.9 Å². The van der Waals surface area contributed by atoms with Gasteiger partial charge in [0.25, 0.3) is 5.91 Å².